The minimum atomic E-state index is 0.280. The van der Waals surface area contributed by atoms with E-state index < -0.39 is 0 Å². The van der Waals surface area contributed by atoms with Gasteiger partial charge in [-0.05, 0) is 24.7 Å². The van der Waals surface area contributed by atoms with Crippen LogP contribution in [-0.2, 0) is 4.74 Å². The van der Waals surface area contributed by atoms with Crippen molar-refractivity contribution < 1.29 is 4.74 Å². The molecule has 0 saturated heterocycles. The quantitative estimate of drug-likeness (QED) is 0.668. The van der Waals surface area contributed by atoms with Crippen LogP contribution in [0.2, 0.25) is 0 Å². The monoisotopic (exact) mass is 182 g/mol. The van der Waals surface area contributed by atoms with Crippen LogP contribution in [-0.4, -0.2) is 18.7 Å². The van der Waals surface area contributed by atoms with E-state index in [1.54, 1.807) is 0 Å². The highest BCUT2D eigenvalue weighted by molar-refractivity contribution is 5.73. The summed E-state index contributed by atoms with van der Waals surface area (Å²) in [5.74, 6) is 1.54. The molecule has 1 saturated carbocycles. The number of rotatable bonds is 1. The molecule has 1 heterocycles. The number of ether oxygens (including phenoxy) is 1. The van der Waals surface area contributed by atoms with E-state index in [1.165, 1.54) is 25.7 Å². The summed E-state index contributed by atoms with van der Waals surface area (Å²) in [6.45, 7) is 3.11. The van der Waals surface area contributed by atoms with Crippen molar-refractivity contribution in [3.63, 3.8) is 0 Å². The van der Waals surface area contributed by atoms with Crippen LogP contribution in [0.5, 0.6) is 0 Å². The van der Waals surface area contributed by atoms with E-state index in [2.05, 4.69) is 11.9 Å². The van der Waals surface area contributed by atoms with E-state index >= 15 is 0 Å². The van der Waals surface area contributed by atoms with Crippen molar-refractivity contribution in [3.8, 4) is 0 Å². The van der Waals surface area contributed by atoms with Gasteiger partial charge in [0.25, 0.3) is 6.02 Å². The average Bonchev–Trinajstić information content (AvgIpc) is 2.52. The predicted molar refractivity (Wildman–Crippen MR) is 52.5 cm³/mol. The Kier molecular flexibility index (Phi) is 2.42. The fraction of sp³-hybridized carbons (Fsp3) is 0.900. The van der Waals surface area contributed by atoms with Gasteiger partial charge in [-0.3, -0.25) is 0 Å². The van der Waals surface area contributed by atoms with Gasteiger partial charge in [-0.25, -0.2) is 4.99 Å². The van der Waals surface area contributed by atoms with Gasteiger partial charge in [-0.15, -0.1) is 0 Å². The maximum absolute atomic E-state index is 5.49. The Morgan fingerprint density at radius 2 is 2.31 bits per heavy atom. The van der Waals surface area contributed by atoms with Crippen molar-refractivity contribution in [2.75, 3.05) is 6.54 Å². The minimum Gasteiger partial charge on any atom is -0.460 e. The maximum Gasteiger partial charge on any atom is 0.282 e. The Hall–Kier alpha value is -0.730. The normalized spacial score (nSPS) is 39.8. The number of hydrogen-bond acceptors (Lipinski definition) is 3. The molecule has 0 aromatic carbocycles. The highest BCUT2D eigenvalue weighted by Crippen LogP contribution is 2.32. The summed E-state index contributed by atoms with van der Waals surface area (Å²) in [6, 6.07) is 0.392. The van der Waals surface area contributed by atoms with E-state index in [0.29, 0.717) is 11.9 Å². The van der Waals surface area contributed by atoms with Crippen molar-refractivity contribution >= 4 is 6.02 Å². The first-order valence-electron chi connectivity index (χ1n) is 5.22. The van der Waals surface area contributed by atoms with Crippen LogP contribution in [0.1, 0.15) is 32.6 Å². The van der Waals surface area contributed by atoms with E-state index in [-0.39, 0.29) is 6.10 Å². The minimum absolute atomic E-state index is 0.280. The molecule has 1 fully saturated rings. The standard InChI is InChI=1S/C10H18N2O/c1-7-3-2-4-8(5-7)9-6-12-10(11)13-9/h7-9H,2-6H2,1H3,(H2,11,12). The molecule has 0 aromatic rings. The Labute approximate surface area is 79.4 Å². The van der Waals surface area contributed by atoms with Gasteiger partial charge >= 0.3 is 0 Å². The van der Waals surface area contributed by atoms with Crippen LogP contribution in [0.25, 0.3) is 0 Å². The topological polar surface area (TPSA) is 47.6 Å². The van der Waals surface area contributed by atoms with Crippen LogP contribution in [0.3, 0.4) is 0 Å². The van der Waals surface area contributed by atoms with Crippen LogP contribution >= 0.6 is 0 Å². The van der Waals surface area contributed by atoms with Gasteiger partial charge in [0.2, 0.25) is 0 Å². The first kappa shape index (κ1) is 8.85. The molecule has 1 aliphatic carbocycles. The predicted octanol–water partition coefficient (Wildman–Crippen LogP) is 1.53. The first-order valence-corrected chi connectivity index (χ1v) is 5.22. The molecule has 0 radical (unpaired) electrons. The molecule has 74 valence electrons. The van der Waals surface area contributed by atoms with Crippen LogP contribution in [0.4, 0.5) is 0 Å². The van der Waals surface area contributed by atoms with Crippen molar-refractivity contribution in [2.45, 2.75) is 38.7 Å². The number of nitrogens with two attached hydrogens (primary N) is 1. The maximum atomic E-state index is 5.49. The third-order valence-electron chi connectivity index (χ3n) is 3.20. The molecule has 0 spiro atoms. The lowest BCUT2D eigenvalue weighted by Gasteiger charge is -2.30. The Balaban J connectivity index is 1.87. The summed E-state index contributed by atoms with van der Waals surface area (Å²) in [5.41, 5.74) is 5.49. The second-order valence-electron chi connectivity index (χ2n) is 4.37. The summed E-state index contributed by atoms with van der Waals surface area (Å²) >= 11 is 0. The molecule has 3 atom stereocenters. The highest BCUT2D eigenvalue weighted by atomic mass is 16.5. The molecule has 0 bridgehead atoms. The van der Waals surface area contributed by atoms with Gasteiger partial charge in [0, 0.05) is 0 Å². The molecular weight excluding hydrogens is 164 g/mol. The van der Waals surface area contributed by atoms with Gasteiger partial charge in [0.1, 0.15) is 6.10 Å². The summed E-state index contributed by atoms with van der Waals surface area (Å²) in [7, 11) is 0. The summed E-state index contributed by atoms with van der Waals surface area (Å²) in [4.78, 5) is 4.09. The Morgan fingerprint density at radius 1 is 1.46 bits per heavy atom. The molecule has 2 rings (SSSR count). The first-order chi connectivity index (χ1) is 6.25. The number of amidine groups is 1. The smallest absolute Gasteiger partial charge is 0.282 e. The molecular formula is C10H18N2O. The molecule has 3 heteroatoms. The molecule has 3 nitrogen and oxygen atoms in total. The zero-order valence-corrected chi connectivity index (χ0v) is 8.20. The van der Waals surface area contributed by atoms with Crippen molar-refractivity contribution in [2.24, 2.45) is 22.6 Å². The molecule has 0 amide bonds. The van der Waals surface area contributed by atoms with Gasteiger partial charge in [-0.2, -0.15) is 0 Å². The van der Waals surface area contributed by atoms with E-state index in [9.17, 15) is 0 Å². The zero-order valence-electron chi connectivity index (χ0n) is 8.20. The molecule has 2 N–H and O–H groups in total. The Bertz CT molecular complexity index is 215. The van der Waals surface area contributed by atoms with E-state index in [4.69, 9.17) is 10.5 Å². The molecule has 2 aliphatic rings. The third-order valence-corrected chi connectivity index (χ3v) is 3.20. The fourth-order valence-electron chi connectivity index (χ4n) is 2.47. The van der Waals surface area contributed by atoms with Crippen molar-refractivity contribution in [3.05, 3.63) is 0 Å². The zero-order chi connectivity index (χ0) is 9.26. The summed E-state index contributed by atoms with van der Waals surface area (Å²) in [6.07, 6.45) is 5.57. The lowest BCUT2D eigenvalue weighted by Crippen LogP contribution is -2.30. The Morgan fingerprint density at radius 3 is 2.92 bits per heavy atom. The van der Waals surface area contributed by atoms with Gasteiger partial charge in [-0.1, -0.05) is 19.8 Å². The third kappa shape index (κ3) is 1.95. The van der Waals surface area contributed by atoms with E-state index in [1.807, 2.05) is 0 Å². The molecule has 3 unspecified atom stereocenters. The van der Waals surface area contributed by atoms with Crippen molar-refractivity contribution in [1.29, 1.82) is 0 Å². The summed E-state index contributed by atoms with van der Waals surface area (Å²) in [5, 5.41) is 0. The van der Waals surface area contributed by atoms with Crippen LogP contribution < -0.4 is 5.73 Å². The largest absolute Gasteiger partial charge is 0.460 e. The number of aliphatic imine (C=N–C) groups is 1. The lowest BCUT2D eigenvalue weighted by atomic mass is 9.79. The molecule has 0 aromatic heterocycles. The van der Waals surface area contributed by atoms with Gasteiger partial charge in [0.15, 0.2) is 0 Å². The fourth-order valence-corrected chi connectivity index (χ4v) is 2.47. The molecule has 1 aliphatic heterocycles. The van der Waals surface area contributed by atoms with E-state index in [0.717, 1.165) is 12.5 Å². The van der Waals surface area contributed by atoms with Crippen LogP contribution in [0.15, 0.2) is 4.99 Å². The number of hydrogen-bond donors (Lipinski definition) is 1. The molecule has 13 heavy (non-hydrogen) atoms. The SMILES string of the molecule is CC1CCCC(C2CN=C(N)O2)C1. The van der Waals surface area contributed by atoms with Gasteiger partial charge < -0.3 is 10.5 Å². The summed E-state index contributed by atoms with van der Waals surface area (Å²) < 4.78 is 5.48. The van der Waals surface area contributed by atoms with Gasteiger partial charge in [0.05, 0.1) is 6.54 Å². The average molecular weight is 182 g/mol. The van der Waals surface area contributed by atoms with Crippen LogP contribution in [0, 0.1) is 11.8 Å². The highest BCUT2D eigenvalue weighted by Gasteiger charge is 2.30. The second-order valence-corrected chi connectivity index (χ2v) is 4.37. The number of nitrogens with zero attached hydrogens (tertiary/aromatic N) is 1. The second kappa shape index (κ2) is 3.56. The lowest BCUT2D eigenvalue weighted by molar-refractivity contribution is 0.105. The van der Waals surface area contributed by atoms with Crippen molar-refractivity contribution in [1.82, 2.24) is 0 Å².